The summed E-state index contributed by atoms with van der Waals surface area (Å²) in [5, 5.41) is 6.13. The number of amidine groups is 2. The van der Waals surface area contributed by atoms with Crippen molar-refractivity contribution in [3.63, 3.8) is 0 Å². The maximum atomic E-state index is 12.5. The minimum Gasteiger partial charge on any atom is -0.356 e. The summed E-state index contributed by atoms with van der Waals surface area (Å²) in [6, 6.07) is 39.1. The summed E-state index contributed by atoms with van der Waals surface area (Å²) in [6.45, 7) is 8.11. The highest BCUT2D eigenvalue weighted by atomic mass is 32.2. The lowest BCUT2D eigenvalue weighted by Gasteiger charge is -2.30. The van der Waals surface area contributed by atoms with Crippen molar-refractivity contribution < 1.29 is 9.59 Å². The van der Waals surface area contributed by atoms with Gasteiger partial charge < -0.3 is 20.4 Å². The molecule has 0 aromatic heterocycles. The molecule has 8 nitrogen and oxygen atoms in total. The molecule has 0 bridgehead atoms. The first-order chi connectivity index (χ1) is 30.0. The normalized spacial score (nSPS) is 15.2. The van der Waals surface area contributed by atoms with Gasteiger partial charge in [-0.05, 0) is 113 Å². The van der Waals surface area contributed by atoms with Crippen LogP contribution in [0.15, 0.2) is 145 Å². The van der Waals surface area contributed by atoms with E-state index in [9.17, 15) is 9.59 Å². The van der Waals surface area contributed by atoms with Gasteiger partial charge in [-0.1, -0.05) is 110 Å². The Morgan fingerprint density at radius 2 is 1.18 bits per heavy atom. The average Bonchev–Trinajstić information content (AvgIpc) is 3.60. The van der Waals surface area contributed by atoms with E-state index in [1.54, 1.807) is 23.5 Å². The molecule has 4 heterocycles. The van der Waals surface area contributed by atoms with E-state index in [1.165, 1.54) is 65.0 Å². The van der Waals surface area contributed by atoms with Crippen LogP contribution >= 0.6 is 23.5 Å². The summed E-state index contributed by atoms with van der Waals surface area (Å²) < 4.78 is 0. The summed E-state index contributed by atoms with van der Waals surface area (Å²) >= 11 is 3.47. The number of nitrogens with one attached hydrogen (secondary N) is 2. The Bertz CT molecular complexity index is 2300. The molecule has 0 spiro atoms. The van der Waals surface area contributed by atoms with Gasteiger partial charge in [0.25, 0.3) is 5.91 Å². The van der Waals surface area contributed by atoms with Crippen molar-refractivity contribution in [2.75, 3.05) is 46.3 Å². The molecule has 1 amide bonds. The number of hydrogen-bond acceptors (Lipinski definition) is 9. The van der Waals surface area contributed by atoms with Crippen LogP contribution in [0, 0.1) is 0 Å². The van der Waals surface area contributed by atoms with Crippen molar-refractivity contribution in [2.24, 2.45) is 9.98 Å². The number of aldehydes is 1. The van der Waals surface area contributed by atoms with Crippen molar-refractivity contribution in [1.29, 1.82) is 0 Å². The third-order valence-electron chi connectivity index (χ3n) is 11.1. The molecule has 5 aromatic carbocycles. The Kier molecular flexibility index (Phi) is 16.3. The molecule has 0 saturated carbocycles. The molecule has 5 aromatic rings. The molecule has 316 valence electrons. The molecule has 2 saturated heterocycles. The zero-order valence-corrected chi connectivity index (χ0v) is 37.2. The van der Waals surface area contributed by atoms with Crippen LogP contribution in [-0.2, 0) is 6.42 Å². The van der Waals surface area contributed by atoms with Crippen LogP contribution in [0.5, 0.6) is 0 Å². The second kappa shape index (κ2) is 22.6. The highest BCUT2D eigenvalue weighted by Crippen LogP contribution is 2.42. The van der Waals surface area contributed by atoms with E-state index in [2.05, 4.69) is 100 Å². The van der Waals surface area contributed by atoms with Gasteiger partial charge in [-0.15, -0.1) is 0 Å². The standard InChI is InChI=1S/C23H27N3OS.C19H18N2OS.C9H13N/c1-2-3-13-24-23(27)17-11-12-21-19(16-17)25-22(26-14-7-4-8-15-26)18-9-5-6-10-20(18)28-21;22-13-14-8-9-18-16(12-14)20-19(21-10-4-1-5-11-21)15-6-2-3-7-17(15)23-18;1-10-8-7-9-5-3-2-4-6-9/h5-6,9-12,16H,2-4,7-8,13-15H2,1H3,(H,24,27);2-3,6-9,12-13H,1,4-5,10-11H2;2-6,10H,7-8H2,1H3. The molecule has 0 radical (unpaired) electrons. The number of nitrogens with zero attached hydrogens (tertiary/aromatic N) is 4. The van der Waals surface area contributed by atoms with Crippen LogP contribution in [-0.4, -0.2) is 80.0 Å². The van der Waals surface area contributed by atoms with Crippen molar-refractivity contribution in [3.8, 4) is 0 Å². The highest BCUT2D eigenvalue weighted by Gasteiger charge is 2.25. The SMILES string of the molecule is CCCCNC(=O)c1ccc2c(c1)N=C(N1CCCCC1)c1ccccc1S2.CNCCc1ccccc1.O=Cc1ccc2c(c1)N=C(N1CCCCC1)c1ccccc1S2. The topological polar surface area (TPSA) is 89.4 Å². The Hall–Kier alpha value is -5.16. The Morgan fingerprint density at radius 1 is 0.639 bits per heavy atom. The van der Waals surface area contributed by atoms with E-state index in [1.807, 2.05) is 49.5 Å². The Morgan fingerprint density at radius 3 is 1.74 bits per heavy atom. The molecule has 10 heteroatoms. The van der Waals surface area contributed by atoms with Crippen molar-refractivity contribution in [2.45, 2.75) is 84.3 Å². The third kappa shape index (κ3) is 11.8. The van der Waals surface area contributed by atoms with Gasteiger partial charge in [-0.2, -0.15) is 0 Å². The molecule has 2 N–H and O–H groups in total. The molecular weight excluding hydrogens is 793 g/mol. The molecule has 4 aliphatic rings. The molecule has 9 rings (SSSR count). The number of unbranched alkanes of at least 4 members (excludes halogenated alkanes) is 1. The maximum Gasteiger partial charge on any atom is 0.251 e. The average molecular weight is 851 g/mol. The third-order valence-corrected chi connectivity index (χ3v) is 13.4. The zero-order chi connectivity index (χ0) is 42.2. The van der Waals surface area contributed by atoms with E-state index in [4.69, 9.17) is 9.98 Å². The van der Waals surface area contributed by atoms with Gasteiger partial charge in [0.05, 0.1) is 11.4 Å². The number of benzene rings is 5. The van der Waals surface area contributed by atoms with Gasteiger partial charge >= 0.3 is 0 Å². The van der Waals surface area contributed by atoms with Gasteiger partial charge in [-0.3, -0.25) is 9.59 Å². The number of aliphatic imine (C=N–C) groups is 2. The maximum absolute atomic E-state index is 12.5. The first-order valence-corrected chi connectivity index (χ1v) is 23.6. The van der Waals surface area contributed by atoms with Crippen LogP contribution in [0.1, 0.15) is 95.7 Å². The fourth-order valence-corrected chi connectivity index (χ4v) is 9.76. The minimum absolute atomic E-state index is 0.0160. The van der Waals surface area contributed by atoms with Crippen molar-refractivity contribution >= 4 is 58.8 Å². The lowest BCUT2D eigenvalue weighted by atomic mass is 10.1. The van der Waals surface area contributed by atoms with Crippen molar-refractivity contribution in [3.05, 3.63) is 143 Å². The van der Waals surface area contributed by atoms with Crippen LogP contribution < -0.4 is 10.6 Å². The molecule has 0 aliphatic carbocycles. The Balaban J connectivity index is 0.000000152. The number of likely N-dealkylation sites (N-methyl/N-ethyl adjacent to an activating group) is 1. The molecule has 0 unspecified atom stereocenters. The van der Waals surface area contributed by atoms with Gasteiger partial charge in [0, 0.05) is 74.6 Å². The quantitative estimate of drug-likeness (QED) is 0.119. The van der Waals surface area contributed by atoms with E-state index in [-0.39, 0.29) is 5.91 Å². The second-order valence-electron chi connectivity index (χ2n) is 15.6. The number of hydrogen-bond donors (Lipinski definition) is 2. The molecule has 2 fully saturated rings. The van der Waals surface area contributed by atoms with Gasteiger partial charge in [0.2, 0.25) is 0 Å². The van der Waals surface area contributed by atoms with Crippen LogP contribution in [0.4, 0.5) is 11.4 Å². The number of likely N-dealkylation sites (tertiary alicyclic amines) is 2. The molecule has 61 heavy (non-hydrogen) atoms. The summed E-state index contributed by atoms with van der Waals surface area (Å²) in [5.74, 6) is 2.08. The second-order valence-corrected chi connectivity index (χ2v) is 17.8. The summed E-state index contributed by atoms with van der Waals surface area (Å²) in [6.07, 6.45) is 11.5. The fourth-order valence-electron chi connectivity index (χ4n) is 7.77. The highest BCUT2D eigenvalue weighted by molar-refractivity contribution is 7.99. The largest absolute Gasteiger partial charge is 0.356 e. The minimum atomic E-state index is -0.0160. The predicted octanol–water partition coefficient (Wildman–Crippen LogP) is 11.2. The van der Waals surface area contributed by atoms with E-state index < -0.39 is 0 Å². The fraction of sp³-hybridized carbons (Fsp3) is 0.333. The Labute approximate surface area is 370 Å². The van der Waals surface area contributed by atoms with Gasteiger partial charge in [0.15, 0.2) is 0 Å². The zero-order valence-electron chi connectivity index (χ0n) is 35.6. The first kappa shape index (κ1) is 43.9. The van der Waals surface area contributed by atoms with Crippen LogP contribution in [0.3, 0.4) is 0 Å². The van der Waals surface area contributed by atoms with E-state index in [0.29, 0.717) is 11.1 Å². The summed E-state index contributed by atoms with van der Waals surface area (Å²) in [4.78, 5) is 43.2. The van der Waals surface area contributed by atoms with E-state index >= 15 is 0 Å². The summed E-state index contributed by atoms with van der Waals surface area (Å²) in [7, 11) is 1.98. The molecule has 0 atom stereocenters. The number of rotatable bonds is 8. The van der Waals surface area contributed by atoms with Crippen LogP contribution in [0.25, 0.3) is 0 Å². The number of carbonyl (C=O) groups is 2. The van der Waals surface area contributed by atoms with E-state index in [0.717, 1.165) is 97.7 Å². The first-order valence-electron chi connectivity index (χ1n) is 22.0. The van der Waals surface area contributed by atoms with Gasteiger partial charge in [0.1, 0.15) is 18.0 Å². The number of piperidine rings is 2. The number of fused-ring (bicyclic) bond motifs is 4. The number of carbonyl (C=O) groups excluding carboxylic acids is 2. The van der Waals surface area contributed by atoms with Gasteiger partial charge in [-0.25, -0.2) is 9.98 Å². The number of amides is 1. The monoisotopic (exact) mass is 850 g/mol. The molecular formula is C51H58N6O2S2. The lowest BCUT2D eigenvalue weighted by Crippen LogP contribution is -2.36. The summed E-state index contributed by atoms with van der Waals surface area (Å²) in [5.41, 5.74) is 6.95. The lowest BCUT2D eigenvalue weighted by molar-refractivity contribution is 0.0952. The molecule has 4 aliphatic heterocycles. The smallest absolute Gasteiger partial charge is 0.251 e. The van der Waals surface area contributed by atoms with Crippen molar-refractivity contribution in [1.82, 2.24) is 20.4 Å². The van der Waals surface area contributed by atoms with Crippen LogP contribution in [0.2, 0.25) is 0 Å². The predicted molar refractivity (Wildman–Crippen MR) is 254 cm³/mol.